The van der Waals surface area contributed by atoms with Crippen LogP contribution in [0.3, 0.4) is 0 Å². The molecule has 0 bridgehead atoms. The number of anilines is 1. The summed E-state index contributed by atoms with van der Waals surface area (Å²) in [4.78, 5) is 29.6. The van der Waals surface area contributed by atoms with Crippen molar-refractivity contribution in [3.63, 3.8) is 0 Å². The molecule has 0 saturated carbocycles. The summed E-state index contributed by atoms with van der Waals surface area (Å²) in [5.74, 6) is -1.08. The molecule has 12 heteroatoms. The molecule has 0 radical (unpaired) electrons. The lowest BCUT2D eigenvalue weighted by atomic mass is 10.0. The van der Waals surface area contributed by atoms with E-state index in [0.717, 1.165) is 9.87 Å². The molecule has 1 N–H and O–H groups in total. The molecule has 0 aliphatic heterocycles. The molecule has 0 saturated heterocycles. The Labute approximate surface area is 283 Å². The van der Waals surface area contributed by atoms with Crippen LogP contribution in [0, 0.1) is 0 Å². The van der Waals surface area contributed by atoms with Crippen molar-refractivity contribution in [2.45, 2.75) is 43.8 Å². The highest BCUT2D eigenvalue weighted by Crippen LogP contribution is 2.36. The second-order valence-electron chi connectivity index (χ2n) is 10.5. The number of carbonyl (C=O) groups is 2. The van der Waals surface area contributed by atoms with Crippen molar-refractivity contribution in [1.82, 2.24) is 10.2 Å². The van der Waals surface area contributed by atoms with Gasteiger partial charge in [0.25, 0.3) is 10.0 Å². The largest absolute Gasteiger partial charge is 0.352 e. The lowest BCUT2D eigenvalue weighted by Gasteiger charge is -2.34. The maximum absolute atomic E-state index is 14.5. The monoisotopic (exact) mass is 705 g/mol. The van der Waals surface area contributed by atoms with Crippen molar-refractivity contribution in [1.29, 1.82) is 0 Å². The average molecular weight is 708 g/mol. The highest BCUT2D eigenvalue weighted by Gasteiger charge is 2.36. The van der Waals surface area contributed by atoms with E-state index in [2.05, 4.69) is 5.32 Å². The first-order valence-electron chi connectivity index (χ1n) is 14.0. The number of hydrogen-bond donors (Lipinski definition) is 1. The molecular formula is C33H31Cl4N3O4S. The Morgan fingerprint density at radius 1 is 0.800 bits per heavy atom. The van der Waals surface area contributed by atoms with Crippen LogP contribution < -0.4 is 9.62 Å². The molecule has 0 heterocycles. The first-order chi connectivity index (χ1) is 21.4. The standard InChI is InChI=1S/C33H31Cl4N3O4S/c1-22(2)38-33(42)30(18-23-10-5-3-6-11-23)39(20-24-16-17-25(34)19-28(24)36)31(41)21-40(29-15-9-14-27(35)32(29)37)45(43,44)26-12-7-4-8-13-26/h3-17,19,22,30H,18,20-21H2,1-2H3,(H,38,42). The van der Waals surface area contributed by atoms with Crippen LogP contribution >= 0.6 is 46.4 Å². The Balaban J connectivity index is 1.85. The highest BCUT2D eigenvalue weighted by atomic mass is 35.5. The van der Waals surface area contributed by atoms with Crippen LogP contribution in [0.25, 0.3) is 0 Å². The lowest BCUT2D eigenvalue weighted by Crippen LogP contribution is -2.54. The van der Waals surface area contributed by atoms with E-state index in [9.17, 15) is 18.0 Å². The molecule has 0 aliphatic carbocycles. The van der Waals surface area contributed by atoms with Crippen LogP contribution in [0.2, 0.25) is 20.1 Å². The molecule has 0 aliphatic rings. The average Bonchev–Trinajstić information content (AvgIpc) is 3.00. The zero-order chi connectivity index (χ0) is 32.7. The Kier molecular flexibility index (Phi) is 11.8. The Bertz CT molecular complexity index is 1760. The van der Waals surface area contributed by atoms with Crippen molar-refractivity contribution in [3.8, 4) is 0 Å². The summed E-state index contributed by atoms with van der Waals surface area (Å²) in [6.45, 7) is 2.83. The van der Waals surface area contributed by atoms with Gasteiger partial charge >= 0.3 is 0 Å². The number of halogens is 4. The van der Waals surface area contributed by atoms with Gasteiger partial charge in [-0.2, -0.15) is 0 Å². The fourth-order valence-electron chi connectivity index (χ4n) is 4.69. The van der Waals surface area contributed by atoms with Crippen LogP contribution in [0.15, 0.2) is 102 Å². The number of carbonyl (C=O) groups excluding carboxylic acids is 2. The third-order valence-electron chi connectivity index (χ3n) is 6.87. The second-order valence-corrected chi connectivity index (χ2v) is 14.0. The summed E-state index contributed by atoms with van der Waals surface area (Å²) < 4.78 is 29.1. The van der Waals surface area contributed by atoms with Crippen molar-refractivity contribution in [2.24, 2.45) is 0 Å². The number of hydrogen-bond acceptors (Lipinski definition) is 4. The molecule has 4 aromatic carbocycles. The van der Waals surface area contributed by atoms with Gasteiger partial charge in [0.2, 0.25) is 11.8 Å². The van der Waals surface area contributed by atoms with Crippen LogP contribution in [-0.4, -0.2) is 43.8 Å². The summed E-state index contributed by atoms with van der Waals surface area (Å²) in [6.07, 6.45) is 0.152. The molecule has 45 heavy (non-hydrogen) atoms. The SMILES string of the molecule is CC(C)NC(=O)C(Cc1ccccc1)N(Cc1ccc(Cl)cc1Cl)C(=O)CN(c1cccc(Cl)c1Cl)S(=O)(=O)c1ccccc1. The van der Waals surface area contributed by atoms with Crippen molar-refractivity contribution >= 4 is 73.9 Å². The van der Waals surface area contributed by atoms with E-state index in [4.69, 9.17) is 46.4 Å². The van der Waals surface area contributed by atoms with Crippen LogP contribution in [-0.2, 0) is 32.6 Å². The van der Waals surface area contributed by atoms with Crippen molar-refractivity contribution in [3.05, 3.63) is 128 Å². The second kappa shape index (κ2) is 15.3. The van der Waals surface area contributed by atoms with E-state index in [1.165, 1.54) is 29.2 Å². The molecule has 0 spiro atoms. The third-order valence-corrected chi connectivity index (χ3v) is 10.0. The molecule has 236 valence electrons. The molecule has 4 aromatic rings. The maximum Gasteiger partial charge on any atom is 0.264 e. The third kappa shape index (κ3) is 8.71. The fraction of sp³-hybridized carbons (Fsp3) is 0.212. The molecule has 1 atom stereocenters. The van der Waals surface area contributed by atoms with Gasteiger partial charge in [0, 0.05) is 29.1 Å². The van der Waals surface area contributed by atoms with E-state index in [-0.39, 0.29) is 44.7 Å². The minimum Gasteiger partial charge on any atom is -0.352 e. The van der Waals surface area contributed by atoms with Crippen LogP contribution in [0.4, 0.5) is 5.69 Å². The van der Waals surface area contributed by atoms with E-state index >= 15 is 0 Å². The molecule has 2 amide bonds. The Morgan fingerprint density at radius 2 is 1.44 bits per heavy atom. The van der Waals surface area contributed by atoms with Gasteiger partial charge in [0.05, 0.1) is 20.6 Å². The first kappa shape index (κ1) is 34.6. The zero-order valence-electron chi connectivity index (χ0n) is 24.5. The number of rotatable bonds is 12. The summed E-state index contributed by atoms with van der Waals surface area (Å²) in [7, 11) is -4.33. The number of nitrogens with zero attached hydrogens (tertiary/aromatic N) is 2. The van der Waals surface area contributed by atoms with Gasteiger partial charge in [0.1, 0.15) is 12.6 Å². The van der Waals surface area contributed by atoms with Gasteiger partial charge in [-0.3, -0.25) is 13.9 Å². The van der Waals surface area contributed by atoms with Crippen LogP contribution in [0.1, 0.15) is 25.0 Å². The summed E-state index contributed by atoms with van der Waals surface area (Å²) in [6, 6.07) is 25.0. The fourth-order valence-corrected chi connectivity index (χ4v) is 7.05. The smallest absolute Gasteiger partial charge is 0.264 e. The zero-order valence-corrected chi connectivity index (χ0v) is 28.3. The van der Waals surface area contributed by atoms with Crippen LogP contribution in [0.5, 0.6) is 0 Å². The Morgan fingerprint density at radius 3 is 2.07 bits per heavy atom. The van der Waals surface area contributed by atoms with Gasteiger partial charge in [0.15, 0.2) is 0 Å². The maximum atomic E-state index is 14.5. The van der Waals surface area contributed by atoms with Gasteiger partial charge in [-0.05, 0) is 61.4 Å². The normalized spacial score (nSPS) is 12.1. The predicted molar refractivity (Wildman–Crippen MR) is 182 cm³/mol. The summed E-state index contributed by atoms with van der Waals surface area (Å²) in [5.41, 5.74) is 1.33. The number of sulfonamides is 1. The molecular weight excluding hydrogens is 676 g/mol. The van der Waals surface area contributed by atoms with E-state index in [0.29, 0.717) is 10.6 Å². The highest BCUT2D eigenvalue weighted by molar-refractivity contribution is 7.92. The predicted octanol–water partition coefficient (Wildman–Crippen LogP) is 7.66. The van der Waals surface area contributed by atoms with E-state index in [1.807, 2.05) is 44.2 Å². The quantitative estimate of drug-likeness (QED) is 0.164. The minimum absolute atomic E-state index is 0.0112. The van der Waals surface area contributed by atoms with Gasteiger partial charge in [-0.1, -0.05) is 107 Å². The number of benzene rings is 4. The topological polar surface area (TPSA) is 86.8 Å². The van der Waals surface area contributed by atoms with E-state index < -0.39 is 34.4 Å². The summed E-state index contributed by atoms with van der Waals surface area (Å²) in [5, 5.41) is 3.66. The van der Waals surface area contributed by atoms with Crippen molar-refractivity contribution < 1.29 is 18.0 Å². The molecule has 4 rings (SSSR count). The first-order valence-corrected chi connectivity index (χ1v) is 16.9. The lowest BCUT2D eigenvalue weighted by molar-refractivity contribution is -0.140. The molecule has 1 unspecified atom stereocenters. The Hall–Kier alpha value is -3.27. The number of amides is 2. The van der Waals surface area contributed by atoms with Gasteiger partial charge in [-0.15, -0.1) is 0 Å². The molecule has 7 nitrogen and oxygen atoms in total. The van der Waals surface area contributed by atoms with Crippen molar-refractivity contribution in [2.75, 3.05) is 10.8 Å². The summed E-state index contributed by atoms with van der Waals surface area (Å²) >= 11 is 25.5. The molecule has 0 fully saturated rings. The van der Waals surface area contributed by atoms with Gasteiger partial charge < -0.3 is 10.2 Å². The molecule has 0 aromatic heterocycles. The van der Waals surface area contributed by atoms with Gasteiger partial charge in [-0.25, -0.2) is 8.42 Å². The van der Waals surface area contributed by atoms with E-state index in [1.54, 1.807) is 42.5 Å². The number of nitrogens with one attached hydrogen (secondary N) is 1. The minimum atomic E-state index is -4.33.